The smallest absolute Gasteiger partial charge is 0.123 e. The second-order valence-corrected chi connectivity index (χ2v) is 4.95. The Morgan fingerprint density at radius 3 is 2.74 bits per heavy atom. The molecular formula is C15H25NO3. The molecule has 0 radical (unpaired) electrons. The fourth-order valence-electron chi connectivity index (χ4n) is 1.92. The van der Waals surface area contributed by atoms with Gasteiger partial charge in [-0.15, -0.1) is 0 Å². The van der Waals surface area contributed by atoms with E-state index in [1.807, 2.05) is 31.2 Å². The minimum absolute atomic E-state index is 0.565. The minimum atomic E-state index is -0.634. The fraction of sp³-hybridized carbons (Fsp3) is 0.600. The third-order valence-corrected chi connectivity index (χ3v) is 2.88. The van der Waals surface area contributed by atoms with E-state index in [1.165, 1.54) is 0 Å². The standard InChI is InChI=1S/C15H25NO3/c1-4-8-15(2,17)12-16-9-10-19-14-7-5-6-13(11-14)18-3/h5-7,11,16-17H,4,8-10,12H2,1-3H3/t15-/m1/s1. The number of hydrogen-bond acceptors (Lipinski definition) is 4. The number of rotatable bonds is 9. The molecule has 0 saturated carbocycles. The molecule has 1 aromatic carbocycles. The maximum Gasteiger partial charge on any atom is 0.123 e. The zero-order chi connectivity index (χ0) is 14.1. The molecule has 2 N–H and O–H groups in total. The molecule has 4 heteroatoms. The summed E-state index contributed by atoms with van der Waals surface area (Å²) in [4.78, 5) is 0. The van der Waals surface area contributed by atoms with Gasteiger partial charge in [0.2, 0.25) is 0 Å². The van der Waals surface area contributed by atoms with Gasteiger partial charge < -0.3 is 19.9 Å². The minimum Gasteiger partial charge on any atom is -0.497 e. The SMILES string of the molecule is CCC[C@@](C)(O)CNCCOc1cccc(OC)c1. The van der Waals surface area contributed by atoms with Crippen LogP contribution in [0.3, 0.4) is 0 Å². The average Bonchev–Trinajstić information content (AvgIpc) is 2.38. The Morgan fingerprint density at radius 2 is 2.05 bits per heavy atom. The van der Waals surface area contributed by atoms with Crippen molar-refractivity contribution in [1.82, 2.24) is 5.32 Å². The lowest BCUT2D eigenvalue weighted by molar-refractivity contribution is 0.0494. The van der Waals surface area contributed by atoms with Crippen molar-refractivity contribution in [3.8, 4) is 11.5 Å². The second kappa shape index (κ2) is 8.02. The molecule has 0 spiro atoms. The van der Waals surface area contributed by atoms with Crippen LogP contribution in [-0.4, -0.2) is 37.5 Å². The van der Waals surface area contributed by atoms with Gasteiger partial charge in [0.25, 0.3) is 0 Å². The maximum absolute atomic E-state index is 9.98. The van der Waals surface area contributed by atoms with E-state index < -0.39 is 5.60 Å². The highest BCUT2D eigenvalue weighted by Crippen LogP contribution is 2.18. The fourth-order valence-corrected chi connectivity index (χ4v) is 1.92. The number of aliphatic hydroxyl groups is 1. The Balaban J connectivity index is 2.20. The van der Waals surface area contributed by atoms with E-state index in [-0.39, 0.29) is 0 Å². The lowest BCUT2D eigenvalue weighted by Crippen LogP contribution is -2.39. The van der Waals surface area contributed by atoms with E-state index in [9.17, 15) is 5.11 Å². The van der Waals surface area contributed by atoms with Crippen LogP contribution in [0.4, 0.5) is 0 Å². The zero-order valence-corrected chi connectivity index (χ0v) is 12.1. The molecule has 4 nitrogen and oxygen atoms in total. The number of hydrogen-bond donors (Lipinski definition) is 2. The number of nitrogens with one attached hydrogen (secondary N) is 1. The summed E-state index contributed by atoms with van der Waals surface area (Å²) in [5.74, 6) is 1.58. The summed E-state index contributed by atoms with van der Waals surface area (Å²) in [6.07, 6.45) is 1.78. The van der Waals surface area contributed by atoms with Crippen molar-refractivity contribution >= 4 is 0 Å². The predicted molar refractivity (Wildman–Crippen MR) is 76.9 cm³/mol. The average molecular weight is 267 g/mol. The molecule has 0 fully saturated rings. The Hall–Kier alpha value is -1.26. The van der Waals surface area contributed by atoms with Gasteiger partial charge in [-0.2, -0.15) is 0 Å². The highest BCUT2D eigenvalue weighted by atomic mass is 16.5. The van der Waals surface area contributed by atoms with Crippen molar-refractivity contribution in [2.45, 2.75) is 32.3 Å². The quantitative estimate of drug-likeness (QED) is 0.674. The van der Waals surface area contributed by atoms with Crippen LogP contribution in [0.25, 0.3) is 0 Å². The summed E-state index contributed by atoms with van der Waals surface area (Å²) in [7, 11) is 1.64. The van der Waals surface area contributed by atoms with Crippen LogP contribution in [0.5, 0.6) is 11.5 Å². The van der Waals surface area contributed by atoms with Gasteiger partial charge in [-0.25, -0.2) is 0 Å². The van der Waals surface area contributed by atoms with Crippen molar-refractivity contribution in [2.24, 2.45) is 0 Å². The molecule has 1 aromatic rings. The van der Waals surface area contributed by atoms with E-state index in [4.69, 9.17) is 9.47 Å². The van der Waals surface area contributed by atoms with Crippen molar-refractivity contribution in [3.63, 3.8) is 0 Å². The second-order valence-electron chi connectivity index (χ2n) is 4.95. The summed E-state index contributed by atoms with van der Waals surface area (Å²) in [5, 5.41) is 13.2. The van der Waals surface area contributed by atoms with E-state index in [2.05, 4.69) is 12.2 Å². The molecular weight excluding hydrogens is 242 g/mol. The van der Waals surface area contributed by atoms with E-state index in [0.29, 0.717) is 19.7 Å². The van der Waals surface area contributed by atoms with Gasteiger partial charge in [-0.1, -0.05) is 19.4 Å². The van der Waals surface area contributed by atoms with Gasteiger partial charge in [-0.05, 0) is 25.5 Å². The first-order valence-electron chi connectivity index (χ1n) is 6.77. The molecule has 0 aliphatic carbocycles. The molecule has 0 unspecified atom stereocenters. The highest BCUT2D eigenvalue weighted by molar-refractivity contribution is 5.32. The molecule has 0 bridgehead atoms. The van der Waals surface area contributed by atoms with Crippen LogP contribution in [0, 0.1) is 0 Å². The van der Waals surface area contributed by atoms with Crippen LogP contribution < -0.4 is 14.8 Å². The van der Waals surface area contributed by atoms with Crippen molar-refractivity contribution in [2.75, 3.05) is 26.8 Å². The lowest BCUT2D eigenvalue weighted by Gasteiger charge is -2.23. The summed E-state index contributed by atoms with van der Waals surface area (Å²) >= 11 is 0. The lowest BCUT2D eigenvalue weighted by atomic mass is 10.0. The monoisotopic (exact) mass is 267 g/mol. The summed E-state index contributed by atoms with van der Waals surface area (Å²) in [5.41, 5.74) is -0.634. The molecule has 1 atom stereocenters. The van der Waals surface area contributed by atoms with Crippen molar-refractivity contribution < 1.29 is 14.6 Å². The first kappa shape index (κ1) is 15.8. The van der Waals surface area contributed by atoms with Gasteiger partial charge >= 0.3 is 0 Å². The summed E-state index contributed by atoms with van der Waals surface area (Å²) in [6, 6.07) is 7.53. The van der Waals surface area contributed by atoms with Crippen molar-refractivity contribution in [3.05, 3.63) is 24.3 Å². The predicted octanol–water partition coefficient (Wildman–Crippen LogP) is 2.21. The normalized spacial score (nSPS) is 13.9. The molecule has 0 saturated heterocycles. The first-order chi connectivity index (χ1) is 9.07. The molecule has 0 aromatic heterocycles. The Morgan fingerprint density at radius 1 is 1.32 bits per heavy atom. The van der Waals surface area contributed by atoms with Gasteiger partial charge in [0.05, 0.1) is 12.7 Å². The molecule has 0 amide bonds. The van der Waals surface area contributed by atoms with Gasteiger partial charge in [0, 0.05) is 19.2 Å². The van der Waals surface area contributed by atoms with Crippen LogP contribution in [-0.2, 0) is 0 Å². The largest absolute Gasteiger partial charge is 0.497 e. The third-order valence-electron chi connectivity index (χ3n) is 2.88. The Labute approximate surface area is 115 Å². The van der Waals surface area contributed by atoms with Gasteiger partial charge in [0.15, 0.2) is 0 Å². The maximum atomic E-state index is 9.98. The van der Waals surface area contributed by atoms with Gasteiger partial charge in [0.1, 0.15) is 18.1 Å². The zero-order valence-electron chi connectivity index (χ0n) is 12.1. The molecule has 0 aliphatic rings. The van der Waals surface area contributed by atoms with Crippen LogP contribution in [0.15, 0.2) is 24.3 Å². The summed E-state index contributed by atoms with van der Waals surface area (Å²) < 4.78 is 10.7. The number of ether oxygens (including phenoxy) is 2. The van der Waals surface area contributed by atoms with E-state index >= 15 is 0 Å². The van der Waals surface area contributed by atoms with Crippen LogP contribution in [0.2, 0.25) is 0 Å². The molecule has 0 aliphatic heterocycles. The van der Waals surface area contributed by atoms with E-state index in [1.54, 1.807) is 7.11 Å². The highest BCUT2D eigenvalue weighted by Gasteiger charge is 2.17. The van der Waals surface area contributed by atoms with Crippen LogP contribution in [0.1, 0.15) is 26.7 Å². The Bertz CT molecular complexity index is 366. The molecule has 1 rings (SSSR count). The number of benzene rings is 1. The molecule has 19 heavy (non-hydrogen) atoms. The molecule has 0 heterocycles. The van der Waals surface area contributed by atoms with Gasteiger partial charge in [-0.3, -0.25) is 0 Å². The van der Waals surface area contributed by atoms with Crippen molar-refractivity contribution in [1.29, 1.82) is 0 Å². The van der Waals surface area contributed by atoms with Crippen LogP contribution >= 0.6 is 0 Å². The number of methoxy groups -OCH3 is 1. The summed E-state index contributed by atoms with van der Waals surface area (Å²) in [6.45, 7) is 5.78. The first-order valence-corrected chi connectivity index (χ1v) is 6.77. The topological polar surface area (TPSA) is 50.7 Å². The van der Waals surface area contributed by atoms with E-state index in [0.717, 1.165) is 24.3 Å². The third kappa shape index (κ3) is 6.45. The molecule has 108 valence electrons. The Kier molecular flexibility index (Phi) is 6.67.